The van der Waals surface area contributed by atoms with Gasteiger partial charge in [0.2, 0.25) is 0 Å². The Morgan fingerprint density at radius 2 is 1.00 bits per heavy atom. The second kappa shape index (κ2) is 9.87. The van der Waals surface area contributed by atoms with Crippen LogP contribution in [-0.4, -0.2) is 14.5 Å². The number of rotatable bonds is 3. The number of aromatic nitrogens is 3. The Morgan fingerprint density at radius 3 is 1.67 bits per heavy atom. The Hall–Kier alpha value is -5.80. The van der Waals surface area contributed by atoms with Crippen molar-refractivity contribution in [2.24, 2.45) is 0 Å². The van der Waals surface area contributed by atoms with Gasteiger partial charge in [-0.3, -0.25) is 4.57 Å². The number of para-hydroxylation sites is 2. The Kier molecular flexibility index (Phi) is 5.69. The van der Waals surface area contributed by atoms with Crippen molar-refractivity contribution in [3.05, 3.63) is 162 Å². The molecule has 0 saturated carbocycles. The van der Waals surface area contributed by atoms with Gasteiger partial charge in [0.05, 0.1) is 16.6 Å². The molecule has 6 aromatic carbocycles. The van der Waals surface area contributed by atoms with Crippen molar-refractivity contribution >= 4 is 21.9 Å². The number of fused-ring (bicyclic) bond motifs is 9. The minimum Gasteiger partial charge on any atom is -0.294 e. The summed E-state index contributed by atoms with van der Waals surface area (Å²) in [6.07, 6.45) is 0. The first-order chi connectivity index (χ1) is 23.8. The average molecular weight is 630 g/mol. The van der Waals surface area contributed by atoms with E-state index in [9.17, 15) is 0 Å². The van der Waals surface area contributed by atoms with Crippen molar-refractivity contribution in [2.45, 2.75) is 38.5 Å². The Balaban J connectivity index is 1.27. The third kappa shape index (κ3) is 3.84. The molecule has 8 aromatic rings. The molecule has 2 aliphatic carbocycles. The fourth-order valence-electron chi connectivity index (χ4n) is 8.72. The zero-order chi connectivity index (χ0) is 33.1. The largest absolute Gasteiger partial charge is 0.294 e. The van der Waals surface area contributed by atoms with Gasteiger partial charge in [-0.25, -0.2) is 9.97 Å². The summed E-state index contributed by atoms with van der Waals surface area (Å²) in [5.74, 6) is 0.736. The molecule has 0 atom stereocenters. The quantitative estimate of drug-likeness (QED) is 0.195. The van der Waals surface area contributed by atoms with Crippen LogP contribution in [0.25, 0.3) is 72.5 Å². The van der Waals surface area contributed by atoms with Gasteiger partial charge in [-0.05, 0) is 74.8 Å². The van der Waals surface area contributed by atoms with Crippen LogP contribution in [0.4, 0.5) is 0 Å². The van der Waals surface area contributed by atoms with Crippen molar-refractivity contribution in [1.82, 2.24) is 14.5 Å². The van der Waals surface area contributed by atoms with Crippen molar-refractivity contribution in [2.75, 3.05) is 0 Å². The van der Waals surface area contributed by atoms with Crippen LogP contribution in [-0.2, 0) is 10.8 Å². The molecule has 0 amide bonds. The SMILES string of the molecule is CC1(C)c2ccccc2-c2ccc(-c3nc(-c4ccc5c(c4)C(C)(C)c4ccccc4-5)c4c5ccccc5n(-c5ccccc5)c4n3)cc21. The Labute approximate surface area is 286 Å². The third-order valence-electron chi connectivity index (χ3n) is 11.2. The number of nitrogens with zero attached hydrogens (tertiary/aromatic N) is 3. The average Bonchev–Trinajstić information content (AvgIpc) is 3.68. The Morgan fingerprint density at radius 1 is 0.469 bits per heavy atom. The predicted molar refractivity (Wildman–Crippen MR) is 202 cm³/mol. The molecule has 2 heterocycles. The predicted octanol–water partition coefficient (Wildman–Crippen LogP) is 11.5. The van der Waals surface area contributed by atoms with Crippen LogP contribution in [0.15, 0.2) is 140 Å². The monoisotopic (exact) mass is 629 g/mol. The van der Waals surface area contributed by atoms with Crippen LogP contribution in [0, 0.1) is 0 Å². The molecule has 0 bridgehead atoms. The van der Waals surface area contributed by atoms with Crippen LogP contribution in [0.5, 0.6) is 0 Å². The highest BCUT2D eigenvalue weighted by atomic mass is 15.1. The van der Waals surface area contributed by atoms with Gasteiger partial charge in [-0.15, -0.1) is 0 Å². The molecule has 0 radical (unpaired) electrons. The summed E-state index contributed by atoms with van der Waals surface area (Å²) < 4.78 is 2.31. The smallest absolute Gasteiger partial charge is 0.162 e. The second-order valence-corrected chi connectivity index (χ2v) is 14.6. The van der Waals surface area contributed by atoms with Crippen LogP contribution in [0.3, 0.4) is 0 Å². The molecule has 2 aromatic heterocycles. The first kappa shape index (κ1) is 28.2. The van der Waals surface area contributed by atoms with Gasteiger partial charge >= 0.3 is 0 Å². The van der Waals surface area contributed by atoms with Crippen LogP contribution in [0.2, 0.25) is 0 Å². The van der Waals surface area contributed by atoms with E-state index < -0.39 is 0 Å². The van der Waals surface area contributed by atoms with Crippen molar-refractivity contribution in [3.63, 3.8) is 0 Å². The molecule has 0 N–H and O–H groups in total. The lowest BCUT2D eigenvalue weighted by molar-refractivity contribution is 0.660. The highest BCUT2D eigenvalue weighted by Crippen LogP contribution is 2.51. The van der Waals surface area contributed by atoms with E-state index in [2.05, 4.69) is 172 Å². The second-order valence-electron chi connectivity index (χ2n) is 14.6. The summed E-state index contributed by atoms with van der Waals surface area (Å²) >= 11 is 0. The van der Waals surface area contributed by atoms with Gasteiger partial charge in [0.25, 0.3) is 0 Å². The summed E-state index contributed by atoms with van der Waals surface area (Å²) in [6, 6.07) is 50.6. The molecule has 2 aliphatic rings. The van der Waals surface area contributed by atoms with Gasteiger partial charge in [0.1, 0.15) is 5.65 Å². The van der Waals surface area contributed by atoms with E-state index >= 15 is 0 Å². The number of benzene rings is 6. The molecule has 49 heavy (non-hydrogen) atoms. The lowest BCUT2D eigenvalue weighted by atomic mass is 9.81. The van der Waals surface area contributed by atoms with E-state index in [4.69, 9.17) is 9.97 Å². The molecular formula is C46H35N3. The van der Waals surface area contributed by atoms with Gasteiger partial charge in [0.15, 0.2) is 5.82 Å². The van der Waals surface area contributed by atoms with Gasteiger partial charge in [-0.2, -0.15) is 0 Å². The fourth-order valence-corrected chi connectivity index (χ4v) is 8.72. The summed E-state index contributed by atoms with van der Waals surface area (Å²) in [5.41, 5.74) is 16.6. The molecule has 0 spiro atoms. The summed E-state index contributed by atoms with van der Waals surface area (Å²) in [7, 11) is 0. The van der Waals surface area contributed by atoms with Crippen LogP contribution >= 0.6 is 0 Å². The van der Waals surface area contributed by atoms with E-state index in [1.54, 1.807) is 0 Å². The maximum absolute atomic E-state index is 5.52. The third-order valence-corrected chi connectivity index (χ3v) is 11.2. The Bertz CT molecular complexity index is 2660. The molecule has 10 rings (SSSR count). The molecule has 3 nitrogen and oxygen atoms in total. The van der Waals surface area contributed by atoms with Crippen molar-refractivity contribution in [3.8, 4) is 50.6 Å². The normalized spacial score (nSPS) is 14.9. The number of hydrogen-bond donors (Lipinski definition) is 0. The van der Waals surface area contributed by atoms with Crippen molar-refractivity contribution < 1.29 is 0 Å². The molecule has 0 unspecified atom stereocenters. The molecule has 234 valence electrons. The molecule has 0 aliphatic heterocycles. The van der Waals surface area contributed by atoms with Gasteiger partial charge in [-0.1, -0.05) is 137 Å². The summed E-state index contributed by atoms with van der Waals surface area (Å²) in [4.78, 5) is 11.0. The molecule has 0 saturated heterocycles. The maximum atomic E-state index is 5.52. The zero-order valence-corrected chi connectivity index (χ0v) is 28.1. The lowest BCUT2D eigenvalue weighted by Gasteiger charge is -2.22. The first-order valence-corrected chi connectivity index (χ1v) is 17.2. The highest BCUT2D eigenvalue weighted by Gasteiger charge is 2.37. The van der Waals surface area contributed by atoms with E-state index in [1.165, 1.54) is 44.5 Å². The lowest BCUT2D eigenvalue weighted by Crippen LogP contribution is -2.15. The molecule has 0 fully saturated rings. The van der Waals surface area contributed by atoms with Gasteiger partial charge < -0.3 is 0 Å². The van der Waals surface area contributed by atoms with Crippen LogP contribution < -0.4 is 0 Å². The molecule has 3 heteroatoms. The topological polar surface area (TPSA) is 30.7 Å². The van der Waals surface area contributed by atoms with E-state index in [-0.39, 0.29) is 10.8 Å². The summed E-state index contributed by atoms with van der Waals surface area (Å²) in [6.45, 7) is 9.34. The van der Waals surface area contributed by atoms with E-state index in [0.29, 0.717) is 0 Å². The van der Waals surface area contributed by atoms with Crippen molar-refractivity contribution in [1.29, 1.82) is 0 Å². The number of hydrogen-bond acceptors (Lipinski definition) is 2. The summed E-state index contributed by atoms with van der Waals surface area (Å²) in [5, 5.41) is 2.22. The maximum Gasteiger partial charge on any atom is 0.162 e. The minimum absolute atomic E-state index is 0.116. The van der Waals surface area contributed by atoms with E-state index in [0.717, 1.165) is 50.3 Å². The van der Waals surface area contributed by atoms with Crippen LogP contribution in [0.1, 0.15) is 49.9 Å². The van der Waals surface area contributed by atoms with Gasteiger partial charge in [0, 0.05) is 33.0 Å². The highest BCUT2D eigenvalue weighted by molar-refractivity contribution is 6.14. The van der Waals surface area contributed by atoms with E-state index in [1.807, 2.05) is 0 Å². The fraction of sp³-hybridized carbons (Fsp3) is 0.130. The standard InChI is InChI=1S/C46H35N3/c1-45(2)36-19-11-8-16-31(36)33-24-22-28(26-38(33)45)42-41-35-18-10-13-21-40(35)49(30-14-6-5-7-15-30)44(41)48-43(47-42)29-23-25-34-32-17-9-12-20-37(32)46(3,4)39(34)27-29/h5-27H,1-4H3. The zero-order valence-electron chi connectivity index (χ0n) is 28.1. The molecular weight excluding hydrogens is 595 g/mol. The minimum atomic E-state index is -0.117. The first-order valence-electron chi connectivity index (χ1n) is 17.2.